The molecule has 3 N–H and O–H groups in total. The summed E-state index contributed by atoms with van der Waals surface area (Å²) in [5.74, 6) is -0.802. The molecule has 2 heterocycles. The number of nitrogens with zero attached hydrogens (tertiary/aromatic N) is 2. The first-order valence-electron chi connectivity index (χ1n) is 9.77. The summed E-state index contributed by atoms with van der Waals surface area (Å²) in [5.41, 5.74) is 10.6. The number of aromatic amines is 1. The molecule has 0 aliphatic heterocycles. The Morgan fingerprint density at radius 3 is 2.75 bits per heavy atom. The molecule has 1 aromatic carbocycles. The number of hydrogen-bond acceptors (Lipinski definition) is 2. The van der Waals surface area contributed by atoms with Crippen LogP contribution in [0.15, 0.2) is 36.8 Å². The van der Waals surface area contributed by atoms with Crippen molar-refractivity contribution in [1.29, 1.82) is 0 Å². The lowest BCUT2D eigenvalue weighted by molar-refractivity contribution is 0.1000. The Kier molecular flexibility index (Phi) is 6.29. The highest BCUT2D eigenvalue weighted by Gasteiger charge is 2.24. The van der Waals surface area contributed by atoms with Crippen LogP contribution in [0.25, 0.3) is 11.1 Å². The molecule has 6 heteroatoms. The van der Waals surface area contributed by atoms with Crippen molar-refractivity contribution >= 4 is 5.91 Å². The van der Waals surface area contributed by atoms with Crippen LogP contribution in [0, 0.1) is 12.7 Å². The maximum atomic E-state index is 13.9. The number of H-pyrrole nitrogens is 1. The van der Waals surface area contributed by atoms with Crippen LogP contribution in [-0.4, -0.2) is 20.4 Å². The van der Waals surface area contributed by atoms with E-state index in [1.54, 1.807) is 18.6 Å². The third-order valence-electron chi connectivity index (χ3n) is 5.17. The second kappa shape index (κ2) is 8.87. The van der Waals surface area contributed by atoms with Gasteiger partial charge in [-0.25, -0.2) is 9.37 Å². The summed E-state index contributed by atoms with van der Waals surface area (Å²) in [6.45, 7) is 4.77. The molecule has 0 fully saturated rings. The molecule has 0 aliphatic carbocycles. The number of hydrogen-bond donors (Lipinski definition) is 2. The van der Waals surface area contributed by atoms with Crippen molar-refractivity contribution in [2.45, 2.75) is 52.5 Å². The SMILES string of the molecule is CCCCCc1c(-c2cccc(F)c2)c(C(N)=O)c(C)n1CCc1cnc[nH]1. The van der Waals surface area contributed by atoms with Gasteiger partial charge in [-0.05, 0) is 37.5 Å². The lowest BCUT2D eigenvalue weighted by Crippen LogP contribution is -2.14. The quantitative estimate of drug-likeness (QED) is 0.538. The number of halogens is 1. The molecule has 0 bridgehead atoms. The Hall–Kier alpha value is -2.89. The number of carbonyl (C=O) groups is 1. The second-order valence-electron chi connectivity index (χ2n) is 7.09. The molecule has 0 saturated heterocycles. The third kappa shape index (κ3) is 4.16. The van der Waals surface area contributed by atoms with Gasteiger partial charge in [0, 0.05) is 41.8 Å². The number of nitrogens with one attached hydrogen (secondary N) is 1. The Morgan fingerprint density at radius 2 is 2.11 bits per heavy atom. The Bertz CT molecular complexity index is 944. The van der Waals surface area contributed by atoms with Crippen LogP contribution in [0.3, 0.4) is 0 Å². The van der Waals surface area contributed by atoms with Crippen LogP contribution in [-0.2, 0) is 19.4 Å². The molecule has 0 unspecified atom stereocenters. The Morgan fingerprint density at radius 1 is 1.29 bits per heavy atom. The fourth-order valence-electron chi connectivity index (χ4n) is 3.81. The maximum absolute atomic E-state index is 13.9. The van der Waals surface area contributed by atoms with Gasteiger partial charge in [0.15, 0.2) is 0 Å². The van der Waals surface area contributed by atoms with E-state index in [-0.39, 0.29) is 5.82 Å². The molecule has 0 radical (unpaired) electrons. The Labute approximate surface area is 164 Å². The normalized spacial score (nSPS) is 11.1. The van der Waals surface area contributed by atoms with Gasteiger partial charge in [-0.15, -0.1) is 0 Å². The number of benzene rings is 1. The predicted octanol–water partition coefficient (Wildman–Crippen LogP) is 4.40. The average Bonchev–Trinajstić information content (AvgIpc) is 3.26. The molecule has 0 spiro atoms. The second-order valence-corrected chi connectivity index (χ2v) is 7.09. The fraction of sp³-hybridized carbons (Fsp3) is 0.364. The van der Waals surface area contributed by atoms with Crippen molar-refractivity contribution in [3.63, 3.8) is 0 Å². The predicted molar refractivity (Wildman–Crippen MR) is 109 cm³/mol. The van der Waals surface area contributed by atoms with Crippen LogP contribution in [0.2, 0.25) is 0 Å². The van der Waals surface area contributed by atoms with Crippen molar-refractivity contribution in [2.24, 2.45) is 5.73 Å². The van der Waals surface area contributed by atoms with Gasteiger partial charge in [0.2, 0.25) is 0 Å². The van der Waals surface area contributed by atoms with Gasteiger partial charge < -0.3 is 15.3 Å². The molecule has 28 heavy (non-hydrogen) atoms. The summed E-state index contributed by atoms with van der Waals surface area (Å²) >= 11 is 0. The first-order valence-corrected chi connectivity index (χ1v) is 9.77. The van der Waals surface area contributed by atoms with E-state index in [2.05, 4.69) is 21.5 Å². The Balaban J connectivity index is 2.11. The average molecular weight is 382 g/mol. The topological polar surface area (TPSA) is 76.7 Å². The van der Waals surface area contributed by atoms with Gasteiger partial charge in [0.25, 0.3) is 5.91 Å². The minimum absolute atomic E-state index is 0.324. The molecule has 0 atom stereocenters. The molecule has 3 rings (SSSR count). The monoisotopic (exact) mass is 382 g/mol. The highest BCUT2D eigenvalue weighted by Crippen LogP contribution is 2.34. The van der Waals surface area contributed by atoms with Gasteiger partial charge in [0.1, 0.15) is 5.82 Å². The standard InChI is InChI=1S/C22H27FN4O/c1-3-4-5-9-19-21(16-7-6-8-17(23)12-16)20(22(24)28)15(2)27(19)11-10-18-13-25-14-26-18/h6-8,12-14H,3-5,9-11H2,1-2H3,(H2,24,28)(H,25,26). The van der Waals surface area contributed by atoms with E-state index in [4.69, 9.17) is 5.73 Å². The lowest BCUT2D eigenvalue weighted by atomic mass is 9.97. The molecular formula is C22H27FN4O. The largest absolute Gasteiger partial charge is 0.366 e. The zero-order valence-electron chi connectivity index (χ0n) is 16.5. The van der Waals surface area contributed by atoms with E-state index in [9.17, 15) is 9.18 Å². The van der Waals surface area contributed by atoms with E-state index in [0.717, 1.165) is 54.7 Å². The van der Waals surface area contributed by atoms with Gasteiger partial charge in [-0.3, -0.25) is 4.79 Å². The highest BCUT2D eigenvalue weighted by molar-refractivity contribution is 6.02. The molecule has 1 amide bonds. The number of aromatic nitrogens is 3. The molecule has 5 nitrogen and oxygen atoms in total. The number of unbranched alkanes of at least 4 members (excludes halogenated alkanes) is 2. The van der Waals surface area contributed by atoms with Crippen LogP contribution < -0.4 is 5.73 Å². The molecule has 0 saturated carbocycles. The number of primary amides is 1. The summed E-state index contributed by atoms with van der Waals surface area (Å²) < 4.78 is 16.1. The molecule has 2 aromatic heterocycles. The van der Waals surface area contributed by atoms with E-state index < -0.39 is 5.91 Å². The van der Waals surface area contributed by atoms with Crippen molar-refractivity contribution in [2.75, 3.05) is 0 Å². The number of rotatable bonds is 9. The van der Waals surface area contributed by atoms with Gasteiger partial charge in [-0.1, -0.05) is 31.9 Å². The number of carbonyl (C=O) groups excluding carboxylic acids is 1. The summed E-state index contributed by atoms with van der Waals surface area (Å²) in [6, 6.07) is 6.39. The van der Waals surface area contributed by atoms with E-state index >= 15 is 0 Å². The van der Waals surface area contributed by atoms with Crippen LogP contribution in [0.4, 0.5) is 4.39 Å². The van der Waals surface area contributed by atoms with Gasteiger partial charge >= 0.3 is 0 Å². The first-order chi connectivity index (χ1) is 13.5. The minimum atomic E-state index is -0.478. The summed E-state index contributed by atoms with van der Waals surface area (Å²) in [4.78, 5) is 19.5. The third-order valence-corrected chi connectivity index (χ3v) is 5.17. The molecule has 0 aliphatic rings. The van der Waals surface area contributed by atoms with E-state index in [0.29, 0.717) is 17.7 Å². The van der Waals surface area contributed by atoms with Crippen LogP contribution >= 0.6 is 0 Å². The van der Waals surface area contributed by atoms with Crippen molar-refractivity contribution in [3.8, 4) is 11.1 Å². The fourth-order valence-corrected chi connectivity index (χ4v) is 3.81. The molecule has 148 valence electrons. The summed E-state index contributed by atoms with van der Waals surface area (Å²) in [5, 5.41) is 0. The van der Waals surface area contributed by atoms with Crippen molar-refractivity contribution < 1.29 is 9.18 Å². The molecule has 3 aromatic rings. The van der Waals surface area contributed by atoms with Gasteiger partial charge in [0.05, 0.1) is 11.9 Å². The number of imidazole rings is 1. The zero-order valence-corrected chi connectivity index (χ0v) is 16.5. The number of aryl methyl sites for hydroxylation is 1. The first kappa shape index (κ1) is 19.9. The minimum Gasteiger partial charge on any atom is -0.366 e. The summed E-state index contributed by atoms with van der Waals surface area (Å²) in [7, 11) is 0. The van der Waals surface area contributed by atoms with Crippen molar-refractivity contribution in [1.82, 2.24) is 14.5 Å². The number of amides is 1. The highest BCUT2D eigenvalue weighted by atomic mass is 19.1. The van der Waals surface area contributed by atoms with Crippen molar-refractivity contribution in [3.05, 3.63) is 65.3 Å². The smallest absolute Gasteiger partial charge is 0.251 e. The molecular weight excluding hydrogens is 355 g/mol. The van der Waals surface area contributed by atoms with Crippen LogP contribution in [0.1, 0.15) is 53.6 Å². The maximum Gasteiger partial charge on any atom is 0.251 e. The lowest BCUT2D eigenvalue weighted by Gasteiger charge is -2.13. The summed E-state index contributed by atoms with van der Waals surface area (Å²) in [6.07, 6.45) is 8.24. The number of nitrogens with two attached hydrogens (primary N) is 1. The van der Waals surface area contributed by atoms with Gasteiger partial charge in [-0.2, -0.15) is 0 Å². The van der Waals surface area contributed by atoms with E-state index in [1.807, 2.05) is 13.0 Å². The van der Waals surface area contributed by atoms with Crippen LogP contribution in [0.5, 0.6) is 0 Å². The van der Waals surface area contributed by atoms with E-state index in [1.165, 1.54) is 12.1 Å². The zero-order chi connectivity index (χ0) is 20.1.